The Morgan fingerprint density at radius 2 is 1.94 bits per heavy atom. The Bertz CT molecular complexity index is 316. The summed E-state index contributed by atoms with van der Waals surface area (Å²) in [6.07, 6.45) is 3.43. The number of carbonyl (C=O) groups excluding carboxylic acids is 1. The molecule has 4 heteroatoms. The zero-order chi connectivity index (χ0) is 12.3. The van der Waals surface area contributed by atoms with Crippen LogP contribution in [0.2, 0.25) is 0 Å². The molecule has 0 aliphatic heterocycles. The number of amides is 1. The number of nitrogens with one attached hydrogen (secondary N) is 1. The van der Waals surface area contributed by atoms with Crippen LogP contribution >= 0.6 is 22.6 Å². The van der Waals surface area contributed by atoms with E-state index in [0.717, 1.165) is 18.7 Å². The van der Waals surface area contributed by atoms with E-state index in [-0.39, 0.29) is 12.5 Å². The Labute approximate surface area is 116 Å². The number of hydrogen-bond donors (Lipinski definition) is 1. The smallest absolute Gasteiger partial charge is 0.257 e. The molecular weight excluding hydrogens is 329 g/mol. The van der Waals surface area contributed by atoms with Crippen LogP contribution in [0.25, 0.3) is 0 Å². The lowest BCUT2D eigenvalue weighted by atomic mass is 10.2. The van der Waals surface area contributed by atoms with E-state index in [9.17, 15) is 4.79 Å². The van der Waals surface area contributed by atoms with Crippen molar-refractivity contribution in [2.75, 3.05) is 17.6 Å². The van der Waals surface area contributed by atoms with Crippen LogP contribution < -0.4 is 10.1 Å². The van der Waals surface area contributed by atoms with Gasteiger partial charge in [-0.15, -0.1) is 0 Å². The first-order chi connectivity index (χ1) is 8.33. The second-order valence-electron chi connectivity index (χ2n) is 3.70. The summed E-state index contributed by atoms with van der Waals surface area (Å²) in [5.74, 6) is 0.677. The fourth-order valence-electron chi connectivity index (χ4n) is 1.34. The van der Waals surface area contributed by atoms with Crippen molar-refractivity contribution in [3.8, 4) is 5.75 Å². The Kier molecular flexibility index (Phi) is 7.79. The zero-order valence-electron chi connectivity index (χ0n) is 9.82. The van der Waals surface area contributed by atoms with E-state index in [2.05, 4.69) is 27.9 Å². The maximum atomic E-state index is 11.4. The Morgan fingerprint density at radius 1 is 1.18 bits per heavy atom. The van der Waals surface area contributed by atoms with Crippen molar-refractivity contribution in [1.82, 2.24) is 5.32 Å². The number of carbonyl (C=O) groups is 1. The third kappa shape index (κ3) is 7.20. The van der Waals surface area contributed by atoms with Gasteiger partial charge in [0.1, 0.15) is 5.75 Å². The molecule has 3 nitrogen and oxygen atoms in total. The summed E-state index contributed by atoms with van der Waals surface area (Å²) in [7, 11) is 0. The van der Waals surface area contributed by atoms with E-state index in [0.29, 0.717) is 0 Å². The summed E-state index contributed by atoms with van der Waals surface area (Å²) in [5.41, 5.74) is 0. The number of alkyl halides is 1. The van der Waals surface area contributed by atoms with Gasteiger partial charge < -0.3 is 10.1 Å². The van der Waals surface area contributed by atoms with Crippen LogP contribution in [-0.4, -0.2) is 23.5 Å². The first-order valence-electron chi connectivity index (χ1n) is 5.83. The van der Waals surface area contributed by atoms with Gasteiger partial charge in [0.25, 0.3) is 5.91 Å². The molecule has 0 aliphatic carbocycles. The Hall–Kier alpha value is -0.780. The van der Waals surface area contributed by atoms with E-state index in [1.165, 1.54) is 17.3 Å². The summed E-state index contributed by atoms with van der Waals surface area (Å²) in [6.45, 7) is 0.837. The largest absolute Gasteiger partial charge is 0.484 e. The van der Waals surface area contributed by atoms with Crippen molar-refractivity contribution in [3.63, 3.8) is 0 Å². The van der Waals surface area contributed by atoms with E-state index >= 15 is 0 Å². The quantitative estimate of drug-likeness (QED) is 0.446. The minimum atomic E-state index is -0.0525. The van der Waals surface area contributed by atoms with Gasteiger partial charge in [-0.3, -0.25) is 4.79 Å². The number of halogens is 1. The van der Waals surface area contributed by atoms with Crippen molar-refractivity contribution in [1.29, 1.82) is 0 Å². The van der Waals surface area contributed by atoms with E-state index in [1.54, 1.807) is 0 Å². The molecule has 0 unspecified atom stereocenters. The first-order valence-corrected chi connectivity index (χ1v) is 7.36. The molecule has 0 atom stereocenters. The van der Waals surface area contributed by atoms with Gasteiger partial charge >= 0.3 is 0 Å². The van der Waals surface area contributed by atoms with Crippen LogP contribution in [0.4, 0.5) is 0 Å². The van der Waals surface area contributed by atoms with Gasteiger partial charge in [0.05, 0.1) is 0 Å². The molecule has 0 heterocycles. The average molecular weight is 347 g/mol. The van der Waals surface area contributed by atoms with Crippen molar-refractivity contribution in [2.24, 2.45) is 0 Å². The average Bonchev–Trinajstić information content (AvgIpc) is 2.37. The number of benzene rings is 1. The highest BCUT2D eigenvalue weighted by Crippen LogP contribution is 2.07. The van der Waals surface area contributed by atoms with Gasteiger partial charge in [-0.05, 0) is 29.4 Å². The van der Waals surface area contributed by atoms with Gasteiger partial charge in [-0.25, -0.2) is 0 Å². The van der Waals surface area contributed by atoms with Crippen molar-refractivity contribution >= 4 is 28.5 Å². The fourth-order valence-corrected chi connectivity index (χ4v) is 1.88. The number of unbranched alkanes of at least 4 members (excludes halogenated alkanes) is 2. The SMILES string of the molecule is O=C(COc1ccccc1)NCCCCCI. The molecule has 1 aromatic rings. The molecule has 94 valence electrons. The molecule has 0 radical (unpaired) electrons. The lowest BCUT2D eigenvalue weighted by Crippen LogP contribution is -2.29. The lowest BCUT2D eigenvalue weighted by Gasteiger charge is -2.06. The highest BCUT2D eigenvalue weighted by molar-refractivity contribution is 14.1. The Balaban J connectivity index is 2.05. The van der Waals surface area contributed by atoms with Gasteiger partial charge in [0.15, 0.2) is 6.61 Å². The molecule has 17 heavy (non-hydrogen) atoms. The van der Waals surface area contributed by atoms with Crippen LogP contribution in [0.5, 0.6) is 5.75 Å². The van der Waals surface area contributed by atoms with E-state index in [1.807, 2.05) is 30.3 Å². The standard InChI is InChI=1S/C13H18INO2/c14-9-5-2-6-10-15-13(16)11-17-12-7-3-1-4-8-12/h1,3-4,7-8H,2,5-6,9-11H2,(H,15,16). The summed E-state index contributed by atoms with van der Waals surface area (Å²) >= 11 is 2.37. The minimum absolute atomic E-state index is 0.0525. The number of hydrogen-bond acceptors (Lipinski definition) is 2. The highest BCUT2D eigenvalue weighted by atomic mass is 127. The van der Waals surface area contributed by atoms with Crippen molar-refractivity contribution in [3.05, 3.63) is 30.3 Å². The molecule has 1 amide bonds. The Morgan fingerprint density at radius 3 is 2.65 bits per heavy atom. The molecule has 1 N–H and O–H groups in total. The topological polar surface area (TPSA) is 38.3 Å². The molecule has 1 aromatic carbocycles. The predicted molar refractivity (Wildman–Crippen MR) is 77.7 cm³/mol. The first kappa shape index (κ1) is 14.3. The monoisotopic (exact) mass is 347 g/mol. The molecule has 0 bridgehead atoms. The van der Waals surface area contributed by atoms with Crippen molar-refractivity contribution < 1.29 is 9.53 Å². The van der Waals surface area contributed by atoms with Crippen molar-refractivity contribution in [2.45, 2.75) is 19.3 Å². The van der Waals surface area contributed by atoms with Gasteiger partial charge in [0.2, 0.25) is 0 Å². The van der Waals surface area contributed by atoms with Gasteiger partial charge in [-0.2, -0.15) is 0 Å². The molecule has 1 rings (SSSR count). The molecule has 0 fully saturated rings. The summed E-state index contributed by atoms with van der Waals surface area (Å²) in [5, 5.41) is 2.85. The van der Waals surface area contributed by atoms with Gasteiger partial charge in [-0.1, -0.05) is 47.2 Å². The molecule has 0 aromatic heterocycles. The molecule has 0 aliphatic rings. The van der Waals surface area contributed by atoms with Crippen LogP contribution in [0, 0.1) is 0 Å². The maximum Gasteiger partial charge on any atom is 0.257 e. The van der Waals surface area contributed by atoms with Gasteiger partial charge in [0, 0.05) is 6.54 Å². The lowest BCUT2D eigenvalue weighted by molar-refractivity contribution is -0.123. The number of rotatable bonds is 8. The van der Waals surface area contributed by atoms with E-state index < -0.39 is 0 Å². The summed E-state index contributed by atoms with van der Waals surface area (Å²) < 4.78 is 6.52. The highest BCUT2D eigenvalue weighted by Gasteiger charge is 2.01. The fraction of sp³-hybridized carbons (Fsp3) is 0.462. The predicted octanol–water partition coefficient (Wildman–Crippen LogP) is 2.79. The number of ether oxygens (including phenoxy) is 1. The summed E-state index contributed by atoms with van der Waals surface area (Å²) in [6, 6.07) is 9.37. The third-order valence-corrected chi connectivity index (χ3v) is 3.01. The molecular formula is C13H18INO2. The third-order valence-electron chi connectivity index (χ3n) is 2.25. The molecule has 0 spiro atoms. The number of para-hydroxylation sites is 1. The van der Waals surface area contributed by atoms with Crippen LogP contribution in [0.3, 0.4) is 0 Å². The minimum Gasteiger partial charge on any atom is -0.484 e. The molecule has 0 saturated carbocycles. The zero-order valence-corrected chi connectivity index (χ0v) is 12.0. The summed E-state index contributed by atoms with van der Waals surface area (Å²) in [4.78, 5) is 11.4. The van der Waals surface area contributed by atoms with Crippen LogP contribution in [0.1, 0.15) is 19.3 Å². The molecule has 0 saturated heterocycles. The van der Waals surface area contributed by atoms with Crippen LogP contribution in [-0.2, 0) is 4.79 Å². The normalized spacial score (nSPS) is 9.94. The second-order valence-corrected chi connectivity index (χ2v) is 4.78. The second kappa shape index (κ2) is 9.27. The van der Waals surface area contributed by atoms with Crippen LogP contribution in [0.15, 0.2) is 30.3 Å². The van der Waals surface area contributed by atoms with E-state index in [4.69, 9.17) is 4.74 Å². The maximum absolute atomic E-state index is 11.4.